The van der Waals surface area contributed by atoms with Gasteiger partial charge in [0, 0.05) is 34.6 Å². The lowest BCUT2D eigenvalue weighted by atomic mass is 9.98. The van der Waals surface area contributed by atoms with E-state index in [2.05, 4.69) is 0 Å². The largest absolute Gasteiger partial charge is 0.463 e. The standard InChI is InChI=1S/C16H22O11/c1-7(17)22-6-12-13(23-8(2)18)14(24-9(3)19)15(25-10(4)20)16(27-12)26-11(5)21/h12-16H,6H2,1-5H3/t12-,13-,14+,15+,16-/m0/s1. The maximum absolute atomic E-state index is 11.5. The summed E-state index contributed by atoms with van der Waals surface area (Å²) in [6.07, 6.45) is -6.70. The van der Waals surface area contributed by atoms with E-state index in [4.69, 9.17) is 28.4 Å². The van der Waals surface area contributed by atoms with Gasteiger partial charge in [0.05, 0.1) is 0 Å². The van der Waals surface area contributed by atoms with E-state index in [0.29, 0.717) is 0 Å². The molecule has 1 aliphatic rings. The van der Waals surface area contributed by atoms with Gasteiger partial charge in [-0.1, -0.05) is 0 Å². The smallest absolute Gasteiger partial charge is 0.305 e. The summed E-state index contributed by atoms with van der Waals surface area (Å²) < 4.78 is 30.8. The summed E-state index contributed by atoms with van der Waals surface area (Å²) in [7, 11) is 0. The summed E-state index contributed by atoms with van der Waals surface area (Å²) in [6.45, 7) is 5.13. The first-order valence-electron chi connectivity index (χ1n) is 7.99. The van der Waals surface area contributed by atoms with Crippen molar-refractivity contribution in [1.82, 2.24) is 0 Å². The van der Waals surface area contributed by atoms with Crippen molar-refractivity contribution in [3.8, 4) is 0 Å². The number of carbonyl (C=O) groups is 5. The van der Waals surface area contributed by atoms with E-state index >= 15 is 0 Å². The Kier molecular flexibility index (Phi) is 8.16. The van der Waals surface area contributed by atoms with Crippen molar-refractivity contribution >= 4 is 29.8 Å². The number of rotatable bonds is 6. The molecule has 0 aromatic heterocycles. The number of esters is 5. The van der Waals surface area contributed by atoms with Gasteiger partial charge in [-0.25, -0.2) is 0 Å². The third-order valence-electron chi connectivity index (χ3n) is 3.23. The van der Waals surface area contributed by atoms with Crippen LogP contribution in [0.25, 0.3) is 0 Å². The van der Waals surface area contributed by atoms with Gasteiger partial charge in [0.15, 0.2) is 12.2 Å². The van der Waals surface area contributed by atoms with Crippen LogP contribution >= 0.6 is 0 Å². The van der Waals surface area contributed by atoms with Crippen molar-refractivity contribution in [2.24, 2.45) is 0 Å². The highest BCUT2D eigenvalue weighted by molar-refractivity contribution is 5.69. The third kappa shape index (κ3) is 7.21. The van der Waals surface area contributed by atoms with Crippen molar-refractivity contribution in [3.63, 3.8) is 0 Å². The van der Waals surface area contributed by atoms with Gasteiger partial charge < -0.3 is 28.4 Å². The second-order valence-electron chi connectivity index (χ2n) is 5.68. The zero-order valence-corrected chi connectivity index (χ0v) is 15.6. The molecule has 1 saturated heterocycles. The van der Waals surface area contributed by atoms with Gasteiger partial charge in [-0.15, -0.1) is 0 Å². The molecule has 5 atom stereocenters. The molecule has 0 aromatic carbocycles. The number of hydrogen-bond donors (Lipinski definition) is 0. The summed E-state index contributed by atoms with van der Waals surface area (Å²) >= 11 is 0. The SMILES string of the molecule is CC(=O)OC[C@@H]1O[C@H](OC(C)=O)[C@H](OC(C)=O)[C@H](OC(C)=O)[C@H]1OC(C)=O. The molecule has 1 fully saturated rings. The van der Waals surface area contributed by atoms with Crippen molar-refractivity contribution in [3.05, 3.63) is 0 Å². The Bertz CT molecular complexity index is 599. The molecule has 1 aliphatic heterocycles. The topological polar surface area (TPSA) is 141 Å². The lowest BCUT2D eigenvalue weighted by Crippen LogP contribution is -2.63. The molecule has 0 aliphatic carbocycles. The maximum atomic E-state index is 11.5. The Hall–Kier alpha value is -2.69. The first kappa shape index (κ1) is 22.4. The average molecular weight is 390 g/mol. The molecule has 0 saturated carbocycles. The van der Waals surface area contributed by atoms with Gasteiger partial charge in [-0.05, 0) is 0 Å². The maximum Gasteiger partial charge on any atom is 0.305 e. The van der Waals surface area contributed by atoms with Gasteiger partial charge in [0.25, 0.3) is 0 Å². The van der Waals surface area contributed by atoms with E-state index in [0.717, 1.165) is 34.6 Å². The van der Waals surface area contributed by atoms with Crippen molar-refractivity contribution in [1.29, 1.82) is 0 Å². The Morgan fingerprint density at radius 2 is 1.07 bits per heavy atom. The first-order valence-corrected chi connectivity index (χ1v) is 7.99. The number of hydrogen-bond acceptors (Lipinski definition) is 11. The molecule has 0 bridgehead atoms. The second kappa shape index (κ2) is 9.86. The molecule has 11 heteroatoms. The summed E-state index contributed by atoms with van der Waals surface area (Å²) in [5.41, 5.74) is 0. The Labute approximate surface area is 155 Å². The fraction of sp³-hybridized carbons (Fsp3) is 0.688. The summed E-state index contributed by atoms with van der Waals surface area (Å²) in [4.78, 5) is 57.0. The van der Waals surface area contributed by atoms with Crippen LogP contribution in [0.15, 0.2) is 0 Å². The molecule has 0 amide bonds. The highest BCUT2D eigenvalue weighted by atomic mass is 16.7. The molecule has 1 rings (SSSR count). The van der Waals surface area contributed by atoms with Crippen LogP contribution in [0, 0.1) is 0 Å². The van der Waals surface area contributed by atoms with Crippen LogP contribution in [-0.4, -0.2) is 67.2 Å². The van der Waals surface area contributed by atoms with Crippen LogP contribution in [0.1, 0.15) is 34.6 Å². The zero-order chi connectivity index (χ0) is 20.7. The molecule has 0 radical (unpaired) electrons. The quantitative estimate of drug-likeness (QED) is 0.433. The zero-order valence-electron chi connectivity index (χ0n) is 15.6. The van der Waals surface area contributed by atoms with E-state index < -0.39 is 67.2 Å². The monoisotopic (exact) mass is 390 g/mol. The summed E-state index contributed by atoms with van der Waals surface area (Å²) in [5.74, 6) is -3.71. The Morgan fingerprint density at radius 1 is 0.630 bits per heavy atom. The summed E-state index contributed by atoms with van der Waals surface area (Å²) in [6, 6.07) is 0. The molecular formula is C16H22O11. The number of ether oxygens (including phenoxy) is 6. The Balaban J connectivity index is 3.29. The predicted molar refractivity (Wildman–Crippen MR) is 83.7 cm³/mol. The third-order valence-corrected chi connectivity index (χ3v) is 3.23. The van der Waals surface area contributed by atoms with Gasteiger partial charge in [0.1, 0.15) is 12.7 Å². The molecule has 0 unspecified atom stereocenters. The molecule has 152 valence electrons. The van der Waals surface area contributed by atoms with E-state index in [9.17, 15) is 24.0 Å². The van der Waals surface area contributed by atoms with Gasteiger partial charge in [-0.2, -0.15) is 0 Å². The molecule has 11 nitrogen and oxygen atoms in total. The van der Waals surface area contributed by atoms with Gasteiger partial charge in [-0.3, -0.25) is 24.0 Å². The van der Waals surface area contributed by atoms with Crippen LogP contribution in [0.4, 0.5) is 0 Å². The molecule has 0 aromatic rings. The van der Waals surface area contributed by atoms with Crippen molar-refractivity contribution in [2.45, 2.75) is 65.3 Å². The fourth-order valence-electron chi connectivity index (χ4n) is 2.45. The predicted octanol–water partition coefficient (Wildman–Crippen LogP) is -0.367. The van der Waals surface area contributed by atoms with E-state index in [-0.39, 0.29) is 0 Å². The lowest BCUT2D eigenvalue weighted by Gasteiger charge is -2.43. The minimum Gasteiger partial charge on any atom is -0.463 e. The summed E-state index contributed by atoms with van der Waals surface area (Å²) in [5, 5.41) is 0. The molecular weight excluding hydrogens is 368 g/mol. The molecule has 0 spiro atoms. The van der Waals surface area contributed by atoms with Crippen LogP contribution in [-0.2, 0) is 52.4 Å². The normalized spacial score (nSPS) is 27.1. The highest BCUT2D eigenvalue weighted by Crippen LogP contribution is 2.29. The van der Waals surface area contributed by atoms with E-state index in [1.54, 1.807) is 0 Å². The van der Waals surface area contributed by atoms with Gasteiger partial charge >= 0.3 is 29.8 Å². The molecule has 1 heterocycles. The second-order valence-corrected chi connectivity index (χ2v) is 5.68. The van der Waals surface area contributed by atoms with Crippen molar-refractivity contribution < 1.29 is 52.4 Å². The molecule has 27 heavy (non-hydrogen) atoms. The van der Waals surface area contributed by atoms with Crippen LogP contribution in [0.2, 0.25) is 0 Å². The Morgan fingerprint density at radius 3 is 1.52 bits per heavy atom. The van der Waals surface area contributed by atoms with Crippen LogP contribution in [0.5, 0.6) is 0 Å². The van der Waals surface area contributed by atoms with Crippen molar-refractivity contribution in [2.75, 3.05) is 6.61 Å². The fourth-order valence-corrected chi connectivity index (χ4v) is 2.45. The van der Waals surface area contributed by atoms with E-state index in [1.807, 2.05) is 0 Å². The first-order chi connectivity index (χ1) is 12.5. The van der Waals surface area contributed by atoms with E-state index in [1.165, 1.54) is 0 Å². The van der Waals surface area contributed by atoms with Crippen LogP contribution < -0.4 is 0 Å². The van der Waals surface area contributed by atoms with Gasteiger partial charge in [0.2, 0.25) is 12.4 Å². The molecule has 0 N–H and O–H groups in total. The van der Waals surface area contributed by atoms with Crippen LogP contribution in [0.3, 0.4) is 0 Å². The minimum atomic E-state index is -1.48. The average Bonchev–Trinajstić information content (AvgIpc) is 2.49. The lowest BCUT2D eigenvalue weighted by molar-refractivity contribution is -0.300. The number of carbonyl (C=O) groups excluding carboxylic acids is 5. The highest BCUT2D eigenvalue weighted by Gasteiger charge is 2.53. The minimum absolute atomic E-state index is 0.393.